The molecule has 2 aromatic carbocycles. The molecule has 1 heterocycles. The number of carbonyl (C=O) groups excluding carboxylic acids is 2. The molecule has 2 N–H and O–H groups in total. The first-order chi connectivity index (χ1) is 13.5. The third-order valence-electron chi connectivity index (χ3n) is 4.62. The lowest BCUT2D eigenvalue weighted by Gasteiger charge is -2.34. The molecule has 2 aromatic rings. The van der Waals surface area contributed by atoms with Crippen LogP contribution in [0.2, 0.25) is 0 Å². The number of hydrogen-bond donors (Lipinski definition) is 2. The lowest BCUT2D eigenvalue weighted by atomic mass is 10.2. The van der Waals surface area contributed by atoms with Crippen molar-refractivity contribution < 1.29 is 9.59 Å². The van der Waals surface area contributed by atoms with Gasteiger partial charge in [-0.2, -0.15) is 5.26 Å². The summed E-state index contributed by atoms with van der Waals surface area (Å²) >= 11 is 0. The predicted molar refractivity (Wildman–Crippen MR) is 109 cm³/mol. The first-order valence-electron chi connectivity index (χ1n) is 9.17. The van der Waals surface area contributed by atoms with Gasteiger partial charge in [-0.3, -0.25) is 9.59 Å². The van der Waals surface area contributed by atoms with E-state index >= 15 is 0 Å². The minimum absolute atomic E-state index is 0.295. The van der Waals surface area contributed by atoms with E-state index in [9.17, 15) is 9.59 Å². The molecule has 7 heteroatoms. The number of likely N-dealkylation sites (N-methyl/N-ethyl adjacent to an activating group) is 1. The zero-order valence-corrected chi connectivity index (χ0v) is 15.8. The molecule has 2 amide bonds. The van der Waals surface area contributed by atoms with Crippen molar-refractivity contribution in [2.24, 2.45) is 0 Å². The van der Waals surface area contributed by atoms with Gasteiger partial charge in [0, 0.05) is 43.2 Å². The van der Waals surface area contributed by atoms with Crippen LogP contribution in [0.15, 0.2) is 48.5 Å². The van der Waals surface area contributed by atoms with Crippen LogP contribution in [0.3, 0.4) is 0 Å². The number of nitrogens with one attached hydrogen (secondary N) is 2. The Bertz CT molecular complexity index is 880. The Hall–Kier alpha value is -3.37. The number of nitriles is 1. The van der Waals surface area contributed by atoms with E-state index in [0.717, 1.165) is 31.9 Å². The van der Waals surface area contributed by atoms with Crippen LogP contribution >= 0.6 is 0 Å². The summed E-state index contributed by atoms with van der Waals surface area (Å²) in [6, 6.07) is 16.2. The van der Waals surface area contributed by atoms with Crippen molar-refractivity contribution in [3.63, 3.8) is 0 Å². The van der Waals surface area contributed by atoms with Crippen molar-refractivity contribution in [2.45, 2.75) is 6.42 Å². The Labute approximate surface area is 164 Å². The second-order valence-electron chi connectivity index (χ2n) is 6.80. The quantitative estimate of drug-likeness (QED) is 0.781. The van der Waals surface area contributed by atoms with Gasteiger partial charge in [0.15, 0.2) is 0 Å². The highest BCUT2D eigenvalue weighted by Gasteiger charge is 2.14. The van der Waals surface area contributed by atoms with Crippen molar-refractivity contribution in [3.8, 4) is 6.07 Å². The molecule has 0 bridgehead atoms. The lowest BCUT2D eigenvalue weighted by Crippen LogP contribution is -2.44. The Morgan fingerprint density at radius 1 is 0.964 bits per heavy atom. The van der Waals surface area contributed by atoms with Crippen LogP contribution < -0.4 is 15.5 Å². The largest absolute Gasteiger partial charge is 0.369 e. The summed E-state index contributed by atoms with van der Waals surface area (Å²) in [4.78, 5) is 28.8. The van der Waals surface area contributed by atoms with Crippen LogP contribution in [0.1, 0.15) is 12.0 Å². The maximum atomic E-state index is 12.1. The molecule has 144 valence electrons. The number of hydrogen-bond acceptors (Lipinski definition) is 5. The Morgan fingerprint density at radius 3 is 2.25 bits per heavy atom. The molecule has 0 atom stereocenters. The third-order valence-corrected chi connectivity index (χ3v) is 4.62. The highest BCUT2D eigenvalue weighted by Crippen LogP contribution is 2.19. The molecule has 1 aliphatic heterocycles. The molecular formula is C21H23N5O2. The fraction of sp³-hybridized carbons (Fsp3) is 0.286. The Kier molecular flexibility index (Phi) is 6.25. The maximum absolute atomic E-state index is 12.1. The van der Waals surface area contributed by atoms with Crippen molar-refractivity contribution >= 4 is 28.9 Å². The average Bonchev–Trinajstić information content (AvgIpc) is 2.69. The minimum atomic E-state index is -0.429. The van der Waals surface area contributed by atoms with Gasteiger partial charge in [0.2, 0.25) is 11.8 Å². The molecule has 7 nitrogen and oxygen atoms in total. The third kappa shape index (κ3) is 5.32. The SMILES string of the molecule is CN1CCN(c2ccc(NC(=O)CC(=O)Nc3cccc(C#N)c3)cc2)CC1. The second-order valence-corrected chi connectivity index (χ2v) is 6.80. The first kappa shape index (κ1) is 19.4. The fourth-order valence-corrected chi connectivity index (χ4v) is 3.04. The van der Waals surface area contributed by atoms with Crippen LogP contribution in [-0.2, 0) is 9.59 Å². The van der Waals surface area contributed by atoms with E-state index in [1.54, 1.807) is 24.3 Å². The summed E-state index contributed by atoms with van der Waals surface area (Å²) in [6.45, 7) is 4.03. The highest BCUT2D eigenvalue weighted by molar-refractivity contribution is 6.08. The second kappa shape index (κ2) is 9.02. The van der Waals surface area contributed by atoms with Gasteiger partial charge in [0.05, 0.1) is 11.6 Å². The van der Waals surface area contributed by atoms with E-state index in [-0.39, 0.29) is 12.3 Å². The lowest BCUT2D eigenvalue weighted by molar-refractivity contribution is -0.123. The van der Waals surface area contributed by atoms with Crippen LogP contribution in [0.25, 0.3) is 0 Å². The van der Waals surface area contributed by atoms with Gasteiger partial charge < -0.3 is 20.4 Å². The molecule has 3 rings (SSSR count). The molecule has 0 unspecified atom stereocenters. The first-order valence-corrected chi connectivity index (χ1v) is 9.17. The Morgan fingerprint density at radius 2 is 1.61 bits per heavy atom. The van der Waals surface area contributed by atoms with Crippen molar-refractivity contribution in [1.29, 1.82) is 5.26 Å². The van der Waals surface area contributed by atoms with Crippen LogP contribution in [-0.4, -0.2) is 49.9 Å². The van der Waals surface area contributed by atoms with E-state index < -0.39 is 5.91 Å². The van der Waals surface area contributed by atoms with Crippen molar-refractivity contribution in [2.75, 3.05) is 48.8 Å². The molecule has 0 aromatic heterocycles. The molecule has 28 heavy (non-hydrogen) atoms. The molecule has 1 fully saturated rings. The normalized spacial score (nSPS) is 14.2. The zero-order valence-electron chi connectivity index (χ0n) is 15.8. The molecule has 0 spiro atoms. The molecule has 0 saturated carbocycles. The summed E-state index contributed by atoms with van der Waals surface area (Å²) in [5.41, 5.74) is 2.72. The van der Waals surface area contributed by atoms with Crippen molar-refractivity contribution in [3.05, 3.63) is 54.1 Å². The Balaban J connectivity index is 1.50. The number of rotatable bonds is 5. The number of anilines is 3. The van der Waals surface area contributed by atoms with Gasteiger partial charge in [0.25, 0.3) is 0 Å². The fourth-order valence-electron chi connectivity index (χ4n) is 3.04. The maximum Gasteiger partial charge on any atom is 0.233 e. The van der Waals surface area contributed by atoms with Gasteiger partial charge in [-0.15, -0.1) is 0 Å². The predicted octanol–water partition coefficient (Wildman–Crippen LogP) is 2.28. The zero-order chi connectivity index (χ0) is 19.9. The topological polar surface area (TPSA) is 88.5 Å². The number of nitrogens with zero attached hydrogens (tertiary/aromatic N) is 3. The van der Waals surface area contributed by atoms with Gasteiger partial charge in [-0.25, -0.2) is 0 Å². The number of piperazine rings is 1. The molecule has 1 aliphatic rings. The van der Waals surface area contributed by atoms with Gasteiger partial charge >= 0.3 is 0 Å². The summed E-state index contributed by atoms with van der Waals surface area (Å²) in [7, 11) is 2.12. The van der Waals surface area contributed by atoms with E-state index in [4.69, 9.17) is 5.26 Å². The smallest absolute Gasteiger partial charge is 0.233 e. The number of carbonyl (C=O) groups is 2. The van der Waals surface area contributed by atoms with Gasteiger partial charge in [-0.05, 0) is 49.5 Å². The van der Waals surface area contributed by atoms with Gasteiger partial charge in [-0.1, -0.05) is 6.07 Å². The van der Waals surface area contributed by atoms with E-state index in [2.05, 4.69) is 27.5 Å². The molecule has 0 aliphatic carbocycles. The van der Waals surface area contributed by atoms with Crippen LogP contribution in [0.4, 0.5) is 17.1 Å². The molecule has 1 saturated heterocycles. The van der Waals surface area contributed by atoms with E-state index in [1.807, 2.05) is 30.3 Å². The van der Waals surface area contributed by atoms with E-state index in [1.165, 1.54) is 0 Å². The summed E-state index contributed by atoms with van der Waals surface area (Å²) in [6.07, 6.45) is -0.295. The van der Waals surface area contributed by atoms with Crippen LogP contribution in [0.5, 0.6) is 0 Å². The standard InChI is InChI=1S/C21H23N5O2/c1-25-9-11-26(12-10-25)19-7-5-17(6-8-19)23-20(27)14-21(28)24-18-4-2-3-16(13-18)15-22/h2-8,13H,9-12,14H2,1H3,(H,23,27)(H,24,28). The van der Waals surface area contributed by atoms with Crippen molar-refractivity contribution in [1.82, 2.24) is 4.90 Å². The minimum Gasteiger partial charge on any atom is -0.369 e. The summed E-state index contributed by atoms with van der Waals surface area (Å²) in [5, 5.41) is 14.3. The highest BCUT2D eigenvalue weighted by atomic mass is 16.2. The van der Waals surface area contributed by atoms with Gasteiger partial charge in [0.1, 0.15) is 6.42 Å². The van der Waals surface area contributed by atoms with Crippen LogP contribution in [0, 0.1) is 11.3 Å². The number of amides is 2. The molecule has 0 radical (unpaired) electrons. The summed E-state index contributed by atoms with van der Waals surface area (Å²) in [5.74, 6) is -0.817. The van der Waals surface area contributed by atoms with E-state index in [0.29, 0.717) is 16.9 Å². The monoisotopic (exact) mass is 377 g/mol. The molecular weight excluding hydrogens is 354 g/mol. The number of benzene rings is 2. The summed E-state index contributed by atoms with van der Waals surface area (Å²) < 4.78 is 0. The average molecular weight is 377 g/mol.